The highest BCUT2D eigenvalue weighted by molar-refractivity contribution is 5.96. The zero-order valence-corrected chi connectivity index (χ0v) is 21.3. The van der Waals surface area contributed by atoms with E-state index in [0.717, 1.165) is 0 Å². The fraction of sp³-hybridized carbons (Fsp3) is 0.440. The number of hydrogen-bond acceptors (Lipinski definition) is 7. The Labute approximate surface area is 220 Å². The van der Waals surface area contributed by atoms with Crippen molar-refractivity contribution in [3.8, 4) is 0 Å². The number of aliphatic carboxylic acids is 1. The summed E-state index contributed by atoms with van der Waals surface area (Å²) in [5.74, 6) is -4.40. The summed E-state index contributed by atoms with van der Waals surface area (Å²) in [5, 5.41) is 17.1. The third-order valence-corrected chi connectivity index (χ3v) is 5.61. The van der Waals surface area contributed by atoms with Crippen LogP contribution in [0.3, 0.4) is 0 Å². The van der Waals surface area contributed by atoms with Crippen molar-refractivity contribution in [2.24, 2.45) is 17.4 Å². The van der Waals surface area contributed by atoms with Crippen LogP contribution in [0.1, 0.15) is 37.9 Å². The number of rotatable bonds is 15. The van der Waals surface area contributed by atoms with Crippen LogP contribution in [0, 0.1) is 5.92 Å². The van der Waals surface area contributed by atoms with Crippen LogP contribution >= 0.6 is 0 Å². The van der Waals surface area contributed by atoms with Gasteiger partial charge in [0.2, 0.25) is 23.6 Å². The first kappa shape index (κ1) is 30.0. The summed E-state index contributed by atoms with van der Waals surface area (Å²) in [5.41, 5.74) is 12.5. The van der Waals surface area contributed by atoms with Crippen molar-refractivity contribution >= 4 is 29.6 Å². The lowest BCUT2D eigenvalue weighted by molar-refractivity contribution is -0.142. The number of H-pyrrole nitrogens is 1. The summed E-state index contributed by atoms with van der Waals surface area (Å²) >= 11 is 0. The average molecular weight is 530 g/mol. The summed E-state index contributed by atoms with van der Waals surface area (Å²) in [6, 6.07) is 3.96. The molecule has 1 aromatic heterocycles. The topological polar surface area (TPSA) is 222 Å². The maximum atomic E-state index is 13.1. The molecule has 0 aliphatic heterocycles. The number of primary amides is 1. The number of nitrogens with zero attached hydrogens (tertiary/aromatic N) is 1. The van der Waals surface area contributed by atoms with Gasteiger partial charge in [-0.3, -0.25) is 19.2 Å². The Balaban J connectivity index is 2.12. The molecule has 0 aliphatic carbocycles. The fourth-order valence-corrected chi connectivity index (χ4v) is 3.71. The molecular weight excluding hydrogens is 494 g/mol. The zero-order valence-electron chi connectivity index (χ0n) is 21.3. The molecule has 2 aromatic rings. The van der Waals surface area contributed by atoms with E-state index in [9.17, 15) is 29.1 Å². The van der Waals surface area contributed by atoms with Gasteiger partial charge in [-0.15, -0.1) is 0 Å². The van der Waals surface area contributed by atoms with Gasteiger partial charge >= 0.3 is 5.97 Å². The Morgan fingerprint density at radius 2 is 1.53 bits per heavy atom. The number of benzene rings is 1. The molecule has 4 unspecified atom stereocenters. The SMILES string of the molecule is CC(C)CC(NC(=O)C(CC(N)=O)NC(=O)C(N)Cc1cnc[nH]1)C(=O)NC(Cc1ccccc1)C(=O)O. The lowest BCUT2D eigenvalue weighted by Gasteiger charge is -2.25. The lowest BCUT2D eigenvalue weighted by atomic mass is 10.0. The first-order chi connectivity index (χ1) is 18.0. The Morgan fingerprint density at radius 3 is 2.08 bits per heavy atom. The van der Waals surface area contributed by atoms with Crippen LogP contribution in [-0.4, -0.2) is 68.8 Å². The minimum Gasteiger partial charge on any atom is -0.480 e. The highest BCUT2D eigenvalue weighted by Gasteiger charge is 2.31. The maximum absolute atomic E-state index is 13.1. The second-order valence-electron chi connectivity index (χ2n) is 9.40. The highest BCUT2D eigenvalue weighted by Crippen LogP contribution is 2.09. The molecule has 13 heteroatoms. The Morgan fingerprint density at radius 1 is 0.921 bits per heavy atom. The van der Waals surface area contributed by atoms with Crippen LogP contribution in [-0.2, 0) is 36.8 Å². The van der Waals surface area contributed by atoms with Crippen molar-refractivity contribution in [3.05, 3.63) is 54.1 Å². The van der Waals surface area contributed by atoms with Crippen molar-refractivity contribution < 1.29 is 29.1 Å². The van der Waals surface area contributed by atoms with Crippen LogP contribution in [0.25, 0.3) is 0 Å². The number of nitrogens with one attached hydrogen (secondary N) is 4. The molecule has 0 fully saturated rings. The quantitative estimate of drug-likeness (QED) is 0.151. The summed E-state index contributed by atoms with van der Waals surface area (Å²) in [4.78, 5) is 68.9. The molecule has 13 nitrogen and oxygen atoms in total. The number of carbonyl (C=O) groups is 5. The third-order valence-electron chi connectivity index (χ3n) is 5.61. The Hall–Kier alpha value is -4.26. The van der Waals surface area contributed by atoms with E-state index in [1.54, 1.807) is 30.3 Å². The van der Waals surface area contributed by atoms with Crippen molar-refractivity contribution in [2.75, 3.05) is 0 Å². The van der Waals surface area contributed by atoms with Crippen molar-refractivity contribution in [1.29, 1.82) is 0 Å². The first-order valence-corrected chi connectivity index (χ1v) is 12.1. The van der Waals surface area contributed by atoms with Gasteiger partial charge in [-0.25, -0.2) is 9.78 Å². The Kier molecular flexibility index (Phi) is 11.4. The number of amides is 4. The fourth-order valence-electron chi connectivity index (χ4n) is 3.71. The predicted molar refractivity (Wildman–Crippen MR) is 137 cm³/mol. The van der Waals surface area contributed by atoms with Crippen molar-refractivity contribution in [1.82, 2.24) is 25.9 Å². The minimum absolute atomic E-state index is 0.0405. The molecule has 4 atom stereocenters. The molecule has 4 amide bonds. The van der Waals surface area contributed by atoms with Gasteiger partial charge in [0.1, 0.15) is 18.1 Å². The molecular formula is C25H35N7O6. The number of aromatic amines is 1. The number of carbonyl (C=O) groups excluding carboxylic acids is 4. The van der Waals surface area contributed by atoms with Gasteiger partial charge in [-0.2, -0.15) is 0 Å². The summed E-state index contributed by atoms with van der Waals surface area (Å²) in [6.07, 6.45) is 2.71. The summed E-state index contributed by atoms with van der Waals surface area (Å²) in [7, 11) is 0. The monoisotopic (exact) mass is 529 g/mol. The van der Waals surface area contributed by atoms with Crippen LogP contribution in [0.15, 0.2) is 42.9 Å². The van der Waals surface area contributed by atoms with E-state index in [4.69, 9.17) is 11.5 Å². The summed E-state index contributed by atoms with van der Waals surface area (Å²) in [6.45, 7) is 3.64. The zero-order chi connectivity index (χ0) is 28.2. The number of nitrogens with two attached hydrogens (primary N) is 2. The van der Waals surface area contributed by atoms with Gasteiger partial charge in [0.25, 0.3) is 0 Å². The van der Waals surface area contributed by atoms with Gasteiger partial charge in [0.15, 0.2) is 0 Å². The molecule has 2 rings (SSSR count). The van der Waals surface area contributed by atoms with E-state index in [1.165, 1.54) is 12.5 Å². The van der Waals surface area contributed by atoms with Crippen molar-refractivity contribution in [2.45, 2.75) is 63.7 Å². The highest BCUT2D eigenvalue weighted by atomic mass is 16.4. The summed E-state index contributed by atoms with van der Waals surface area (Å²) < 4.78 is 0. The number of aromatic nitrogens is 2. The normalized spacial score (nSPS) is 14.1. The third kappa shape index (κ3) is 10.0. The molecule has 0 saturated heterocycles. The van der Waals surface area contributed by atoms with Crippen LogP contribution < -0.4 is 27.4 Å². The van der Waals surface area contributed by atoms with Crippen LogP contribution in [0.4, 0.5) is 0 Å². The smallest absolute Gasteiger partial charge is 0.326 e. The van der Waals surface area contributed by atoms with E-state index >= 15 is 0 Å². The Bertz CT molecular complexity index is 1090. The van der Waals surface area contributed by atoms with Gasteiger partial charge < -0.3 is 37.5 Å². The second kappa shape index (κ2) is 14.5. The average Bonchev–Trinajstić information content (AvgIpc) is 3.35. The van der Waals surface area contributed by atoms with Gasteiger partial charge in [-0.1, -0.05) is 44.2 Å². The van der Waals surface area contributed by atoms with Gasteiger partial charge in [0, 0.05) is 24.7 Å². The molecule has 0 spiro atoms. The number of carboxylic acid groups (broad SMARTS) is 1. The van der Waals surface area contributed by atoms with Gasteiger partial charge in [-0.05, 0) is 17.9 Å². The molecule has 0 aliphatic rings. The number of imidazole rings is 1. The standard InChI is InChI=1S/C25H35N7O6/c1-14(2)8-18(23(35)32-20(25(37)38)9-15-6-4-3-5-7-15)31-24(36)19(11-21(27)33)30-22(34)17(26)10-16-12-28-13-29-16/h3-7,12-14,17-20H,8-11,26H2,1-2H3,(H2,27,33)(H,28,29)(H,30,34)(H,31,36)(H,32,35)(H,37,38). The van der Waals surface area contributed by atoms with E-state index in [0.29, 0.717) is 11.3 Å². The van der Waals surface area contributed by atoms with E-state index in [-0.39, 0.29) is 25.2 Å². The molecule has 1 heterocycles. The lowest BCUT2D eigenvalue weighted by Crippen LogP contribution is -2.58. The maximum Gasteiger partial charge on any atom is 0.326 e. The van der Waals surface area contributed by atoms with Crippen LogP contribution in [0.5, 0.6) is 0 Å². The molecule has 0 bridgehead atoms. The molecule has 38 heavy (non-hydrogen) atoms. The molecule has 1 aromatic carbocycles. The van der Waals surface area contributed by atoms with E-state index < -0.39 is 60.2 Å². The predicted octanol–water partition coefficient (Wildman–Crippen LogP) is -1.02. The first-order valence-electron chi connectivity index (χ1n) is 12.1. The van der Waals surface area contributed by atoms with E-state index in [1.807, 2.05) is 13.8 Å². The molecule has 206 valence electrons. The number of hydrogen-bond donors (Lipinski definition) is 7. The largest absolute Gasteiger partial charge is 0.480 e. The molecule has 9 N–H and O–H groups in total. The number of carboxylic acids is 1. The van der Waals surface area contributed by atoms with Crippen LogP contribution in [0.2, 0.25) is 0 Å². The molecule has 0 saturated carbocycles. The van der Waals surface area contributed by atoms with Crippen molar-refractivity contribution in [3.63, 3.8) is 0 Å². The minimum atomic E-state index is -1.39. The molecule has 0 radical (unpaired) electrons. The van der Waals surface area contributed by atoms with E-state index in [2.05, 4.69) is 25.9 Å². The second-order valence-corrected chi connectivity index (χ2v) is 9.40. The van der Waals surface area contributed by atoms with Gasteiger partial charge in [0.05, 0.1) is 18.8 Å².